The van der Waals surface area contributed by atoms with E-state index in [0.717, 1.165) is 16.8 Å². The van der Waals surface area contributed by atoms with Gasteiger partial charge < -0.3 is 10.6 Å². The molecule has 2 rings (SSSR count). The highest BCUT2D eigenvalue weighted by Gasteiger charge is 2.15. The summed E-state index contributed by atoms with van der Waals surface area (Å²) in [4.78, 5) is 12.3. The van der Waals surface area contributed by atoms with Gasteiger partial charge in [0.05, 0.1) is 5.25 Å². The van der Waals surface area contributed by atoms with E-state index in [9.17, 15) is 13.2 Å². The van der Waals surface area contributed by atoms with Crippen LogP contribution in [0.5, 0.6) is 0 Å². The molecule has 0 unspecified atom stereocenters. The molecule has 28 heavy (non-hydrogen) atoms. The maximum absolute atomic E-state index is 12.3. The molecular formula is C21H29N3O3S. The van der Waals surface area contributed by atoms with Crippen molar-refractivity contribution in [2.45, 2.75) is 52.5 Å². The molecule has 2 aromatic carbocycles. The molecule has 0 aliphatic carbocycles. The van der Waals surface area contributed by atoms with Crippen LogP contribution in [-0.2, 0) is 16.6 Å². The monoisotopic (exact) mass is 403 g/mol. The molecule has 1 amide bonds. The van der Waals surface area contributed by atoms with Crippen molar-refractivity contribution >= 4 is 27.3 Å². The van der Waals surface area contributed by atoms with Crippen LogP contribution < -0.4 is 15.4 Å². The van der Waals surface area contributed by atoms with Crippen LogP contribution in [0.1, 0.15) is 49.2 Å². The second-order valence-electron chi connectivity index (χ2n) is 7.35. The normalized spacial score (nSPS) is 11.5. The summed E-state index contributed by atoms with van der Waals surface area (Å²) in [6, 6.07) is 12.9. The molecule has 0 aromatic heterocycles. The summed E-state index contributed by atoms with van der Waals surface area (Å²) >= 11 is 0. The summed E-state index contributed by atoms with van der Waals surface area (Å²) in [5.74, 6) is -0.0852. The number of anilines is 2. The first-order chi connectivity index (χ1) is 13.1. The van der Waals surface area contributed by atoms with Crippen molar-refractivity contribution < 1.29 is 13.2 Å². The van der Waals surface area contributed by atoms with Crippen LogP contribution in [0.15, 0.2) is 42.5 Å². The second-order valence-corrected chi connectivity index (χ2v) is 9.59. The largest absolute Gasteiger partial charge is 0.381 e. The minimum absolute atomic E-state index is 0.0788. The molecule has 0 atom stereocenters. The third kappa shape index (κ3) is 5.73. The number of hydrogen-bond donors (Lipinski definition) is 3. The first-order valence-electron chi connectivity index (χ1n) is 9.35. The molecule has 6 nitrogen and oxygen atoms in total. The molecule has 3 N–H and O–H groups in total. The first kappa shape index (κ1) is 21.8. The number of carbonyl (C=O) groups is 1. The molecule has 152 valence electrons. The Labute approximate surface area is 167 Å². The van der Waals surface area contributed by atoms with Crippen LogP contribution >= 0.6 is 0 Å². The molecule has 0 radical (unpaired) electrons. The summed E-state index contributed by atoms with van der Waals surface area (Å²) in [6.45, 7) is 9.62. The van der Waals surface area contributed by atoms with Crippen LogP contribution in [0, 0.1) is 6.92 Å². The Morgan fingerprint density at radius 3 is 2.21 bits per heavy atom. The van der Waals surface area contributed by atoms with Crippen LogP contribution in [0.3, 0.4) is 0 Å². The van der Waals surface area contributed by atoms with Crippen molar-refractivity contribution in [3.8, 4) is 0 Å². The Kier molecular flexibility index (Phi) is 7.07. The SMILES string of the molecule is Cc1c(NCc2ccc(NS(=O)(=O)C(C)C)cc2)cccc1C(=O)NC(C)C. The number of carbonyl (C=O) groups excluding carboxylic acids is 1. The van der Waals surface area contributed by atoms with Gasteiger partial charge in [-0.05, 0) is 70.0 Å². The van der Waals surface area contributed by atoms with Crippen LogP contribution in [0.2, 0.25) is 0 Å². The highest BCUT2D eigenvalue weighted by molar-refractivity contribution is 7.93. The molecule has 0 bridgehead atoms. The minimum atomic E-state index is -3.35. The molecule has 0 spiro atoms. The Morgan fingerprint density at radius 2 is 1.64 bits per heavy atom. The Bertz CT molecular complexity index is 920. The van der Waals surface area contributed by atoms with Gasteiger partial charge in [-0.15, -0.1) is 0 Å². The number of sulfonamides is 1. The number of rotatable bonds is 8. The summed E-state index contributed by atoms with van der Waals surface area (Å²) in [7, 11) is -3.35. The zero-order chi connectivity index (χ0) is 20.9. The Hall–Kier alpha value is -2.54. The Morgan fingerprint density at radius 1 is 1.00 bits per heavy atom. The van der Waals surface area contributed by atoms with Gasteiger partial charge in [-0.2, -0.15) is 0 Å². The topological polar surface area (TPSA) is 87.3 Å². The van der Waals surface area contributed by atoms with E-state index >= 15 is 0 Å². The van der Waals surface area contributed by atoms with Crippen molar-refractivity contribution in [1.82, 2.24) is 5.32 Å². The lowest BCUT2D eigenvalue weighted by atomic mass is 10.1. The van der Waals surface area contributed by atoms with E-state index in [0.29, 0.717) is 17.8 Å². The highest BCUT2D eigenvalue weighted by Crippen LogP contribution is 2.21. The van der Waals surface area contributed by atoms with Gasteiger partial charge in [-0.1, -0.05) is 18.2 Å². The predicted molar refractivity (Wildman–Crippen MR) is 115 cm³/mol. The third-order valence-electron chi connectivity index (χ3n) is 4.32. The zero-order valence-electron chi connectivity index (χ0n) is 17.0. The van der Waals surface area contributed by atoms with Gasteiger partial charge >= 0.3 is 0 Å². The summed E-state index contributed by atoms with van der Waals surface area (Å²) in [5.41, 5.74) is 3.98. The Balaban J connectivity index is 2.05. The van der Waals surface area contributed by atoms with E-state index in [1.165, 1.54) is 0 Å². The zero-order valence-corrected chi connectivity index (χ0v) is 17.9. The number of nitrogens with one attached hydrogen (secondary N) is 3. The van der Waals surface area contributed by atoms with Crippen molar-refractivity contribution in [1.29, 1.82) is 0 Å². The minimum Gasteiger partial charge on any atom is -0.381 e. The molecule has 0 aliphatic rings. The fourth-order valence-electron chi connectivity index (χ4n) is 2.58. The molecule has 2 aromatic rings. The average molecular weight is 404 g/mol. The molecule has 0 aliphatic heterocycles. The van der Waals surface area contributed by atoms with Gasteiger partial charge in [0.25, 0.3) is 5.91 Å². The lowest BCUT2D eigenvalue weighted by molar-refractivity contribution is 0.0942. The third-order valence-corrected chi connectivity index (χ3v) is 6.08. The van der Waals surface area contributed by atoms with Crippen molar-refractivity contribution in [3.63, 3.8) is 0 Å². The summed E-state index contributed by atoms with van der Waals surface area (Å²) in [5, 5.41) is 5.77. The van der Waals surface area contributed by atoms with Gasteiger partial charge in [0.15, 0.2) is 0 Å². The van der Waals surface area contributed by atoms with Crippen LogP contribution in [-0.4, -0.2) is 25.6 Å². The smallest absolute Gasteiger partial charge is 0.251 e. The maximum atomic E-state index is 12.3. The van der Waals surface area contributed by atoms with Gasteiger partial charge in [0.2, 0.25) is 10.0 Å². The van der Waals surface area contributed by atoms with E-state index in [1.807, 2.05) is 51.1 Å². The standard InChI is InChI=1S/C21H29N3O3S/c1-14(2)23-21(25)19-7-6-8-20(16(19)5)22-13-17-9-11-18(12-10-17)24-28(26,27)15(3)4/h6-12,14-15,22,24H,13H2,1-5H3,(H,23,25). The first-order valence-corrected chi connectivity index (χ1v) is 10.9. The van der Waals surface area contributed by atoms with Gasteiger partial charge in [0.1, 0.15) is 0 Å². The van der Waals surface area contributed by atoms with E-state index in [2.05, 4.69) is 15.4 Å². The summed E-state index contributed by atoms with van der Waals surface area (Å²) < 4.78 is 26.4. The lowest BCUT2D eigenvalue weighted by Gasteiger charge is -2.15. The molecule has 0 heterocycles. The highest BCUT2D eigenvalue weighted by atomic mass is 32.2. The van der Waals surface area contributed by atoms with E-state index in [-0.39, 0.29) is 11.9 Å². The van der Waals surface area contributed by atoms with E-state index in [1.54, 1.807) is 26.0 Å². The van der Waals surface area contributed by atoms with E-state index in [4.69, 9.17) is 0 Å². The number of hydrogen-bond acceptors (Lipinski definition) is 4. The van der Waals surface area contributed by atoms with Crippen molar-refractivity contribution in [2.24, 2.45) is 0 Å². The van der Waals surface area contributed by atoms with E-state index < -0.39 is 15.3 Å². The maximum Gasteiger partial charge on any atom is 0.251 e. The fourth-order valence-corrected chi connectivity index (χ4v) is 3.28. The average Bonchev–Trinajstić information content (AvgIpc) is 2.61. The number of amides is 1. The van der Waals surface area contributed by atoms with Gasteiger partial charge in [0, 0.05) is 29.5 Å². The van der Waals surface area contributed by atoms with Crippen LogP contribution in [0.25, 0.3) is 0 Å². The number of benzene rings is 2. The van der Waals surface area contributed by atoms with Gasteiger partial charge in [-0.25, -0.2) is 8.42 Å². The quantitative estimate of drug-likeness (QED) is 0.624. The fraction of sp³-hybridized carbons (Fsp3) is 0.381. The van der Waals surface area contributed by atoms with Gasteiger partial charge in [-0.3, -0.25) is 9.52 Å². The molecule has 0 saturated carbocycles. The molecule has 0 saturated heterocycles. The lowest BCUT2D eigenvalue weighted by Crippen LogP contribution is -2.30. The predicted octanol–water partition coefficient (Wildman–Crippen LogP) is 3.90. The summed E-state index contributed by atoms with van der Waals surface area (Å²) in [6.07, 6.45) is 0. The van der Waals surface area contributed by atoms with Crippen molar-refractivity contribution in [3.05, 3.63) is 59.2 Å². The van der Waals surface area contributed by atoms with Crippen molar-refractivity contribution in [2.75, 3.05) is 10.0 Å². The molecule has 7 heteroatoms. The van der Waals surface area contributed by atoms with Crippen LogP contribution in [0.4, 0.5) is 11.4 Å². The molecule has 0 fully saturated rings. The molecular weight excluding hydrogens is 374 g/mol. The second kappa shape index (κ2) is 9.10.